The number of nitrogens with zero attached hydrogens (tertiary/aromatic N) is 1. The molecule has 0 aliphatic carbocycles. The summed E-state index contributed by atoms with van der Waals surface area (Å²) >= 11 is 18.1. The molecule has 2 atom stereocenters. The van der Waals surface area contributed by atoms with Gasteiger partial charge in [0.25, 0.3) is 0 Å². The number of hydrogen-bond donors (Lipinski definition) is 1. The van der Waals surface area contributed by atoms with Crippen LogP contribution in [0.4, 0.5) is 0 Å². The Kier molecular flexibility index (Phi) is 8.81. The van der Waals surface area contributed by atoms with Crippen molar-refractivity contribution in [3.8, 4) is 0 Å². The first-order valence-electron chi connectivity index (χ1n) is 9.49. The molecule has 0 aliphatic rings. The lowest BCUT2D eigenvalue weighted by Crippen LogP contribution is -2.49. The lowest BCUT2D eigenvalue weighted by molar-refractivity contribution is -0.140. The van der Waals surface area contributed by atoms with Crippen molar-refractivity contribution in [1.82, 2.24) is 10.2 Å². The van der Waals surface area contributed by atoms with Crippen LogP contribution in [-0.2, 0) is 22.6 Å². The molecule has 2 aromatic rings. The molecule has 7 heteroatoms. The Hall–Kier alpha value is -1.75. The monoisotopic (exact) mass is 454 g/mol. The van der Waals surface area contributed by atoms with Crippen LogP contribution in [0.15, 0.2) is 42.5 Å². The van der Waals surface area contributed by atoms with Gasteiger partial charge in [0.1, 0.15) is 6.04 Å². The van der Waals surface area contributed by atoms with Crippen molar-refractivity contribution in [2.24, 2.45) is 0 Å². The first kappa shape index (κ1) is 23.5. The fourth-order valence-electron chi connectivity index (χ4n) is 2.76. The highest BCUT2D eigenvalue weighted by Gasteiger charge is 2.27. The third-order valence-electron chi connectivity index (χ3n) is 4.79. The van der Waals surface area contributed by atoms with Gasteiger partial charge in [0.2, 0.25) is 11.8 Å². The number of rotatable bonds is 8. The Morgan fingerprint density at radius 1 is 1.00 bits per heavy atom. The van der Waals surface area contributed by atoms with Gasteiger partial charge in [0.05, 0.1) is 6.42 Å². The van der Waals surface area contributed by atoms with Gasteiger partial charge >= 0.3 is 0 Å². The van der Waals surface area contributed by atoms with E-state index < -0.39 is 6.04 Å². The number of amides is 2. The summed E-state index contributed by atoms with van der Waals surface area (Å²) < 4.78 is 0. The number of hydrogen-bond acceptors (Lipinski definition) is 2. The first-order valence-corrected chi connectivity index (χ1v) is 10.6. The molecule has 0 spiro atoms. The summed E-state index contributed by atoms with van der Waals surface area (Å²) in [6.45, 7) is 5.95. The van der Waals surface area contributed by atoms with Crippen molar-refractivity contribution in [1.29, 1.82) is 0 Å². The first-order chi connectivity index (χ1) is 13.7. The van der Waals surface area contributed by atoms with Crippen molar-refractivity contribution in [2.45, 2.75) is 52.2 Å². The van der Waals surface area contributed by atoms with Gasteiger partial charge in [-0.05, 0) is 55.7 Å². The standard InChI is InChI=1S/C22H25Cl3N2O2/c1-4-14(2)26-22(29)15(3)27(13-16-5-8-18(23)9-6-16)21(28)11-17-7-10-19(24)12-20(17)25/h5-10,12,14-15H,4,11,13H2,1-3H3,(H,26,29)/t14-,15+/m1/s1. The maximum Gasteiger partial charge on any atom is 0.242 e. The Morgan fingerprint density at radius 3 is 2.21 bits per heavy atom. The minimum atomic E-state index is -0.641. The second-order valence-electron chi connectivity index (χ2n) is 7.05. The van der Waals surface area contributed by atoms with Gasteiger partial charge in [-0.2, -0.15) is 0 Å². The smallest absolute Gasteiger partial charge is 0.242 e. The second kappa shape index (κ2) is 10.9. The van der Waals surface area contributed by atoms with E-state index in [2.05, 4.69) is 5.32 Å². The summed E-state index contributed by atoms with van der Waals surface area (Å²) in [4.78, 5) is 27.4. The number of carbonyl (C=O) groups excluding carboxylic acids is 2. The molecule has 4 nitrogen and oxygen atoms in total. The highest BCUT2D eigenvalue weighted by Crippen LogP contribution is 2.23. The van der Waals surface area contributed by atoms with E-state index in [4.69, 9.17) is 34.8 Å². The Morgan fingerprint density at radius 2 is 1.62 bits per heavy atom. The number of nitrogens with one attached hydrogen (secondary N) is 1. The predicted octanol–water partition coefficient (Wildman–Crippen LogP) is 5.52. The van der Waals surface area contributed by atoms with E-state index in [9.17, 15) is 9.59 Å². The Balaban J connectivity index is 2.25. The maximum absolute atomic E-state index is 13.2. The van der Waals surface area contributed by atoms with Crippen LogP contribution in [0.1, 0.15) is 38.3 Å². The molecule has 0 radical (unpaired) electrons. The quantitative estimate of drug-likeness (QED) is 0.569. The average Bonchev–Trinajstić information content (AvgIpc) is 2.68. The molecule has 0 aliphatic heterocycles. The normalized spacial score (nSPS) is 12.9. The minimum absolute atomic E-state index is 0.0307. The molecule has 0 unspecified atom stereocenters. The third-order valence-corrected chi connectivity index (χ3v) is 5.63. The maximum atomic E-state index is 13.2. The SMILES string of the molecule is CC[C@@H](C)NC(=O)[C@H](C)N(Cc1ccc(Cl)cc1)C(=O)Cc1ccc(Cl)cc1Cl. The zero-order valence-electron chi connectivity index (χ0n) is 16.7. The molecule has 156 valence electrons. The van der Waals surface area contributed by atoms with Crippen LogP contribution in [0.3, 0.4) is 0 Å². The molecule has 0 saturated heterocycles. The Bertz CT molecular complexity index is 856. The molecular weight excluding hydrogens is 431 g/mol. The largest absolute Gasteiger partial charge is 0.352 e. The molecule has 2 aromatic carbocycles. The highest BCUT2D eigenvalue weighted by atomic mass is 35.5. The third kappa shape index (κ3) is 6.91. The molecule has 1 N–H and O–H groups in total. The molecule has 29 heavy (non-hydrogen) atoms. The van der Waals surface area contributed by atoms with Crippen LogP contribution in [0.2, 0.25) is 15.1 Å². The van der Waals surface area contributed by atoms with E-state index >= 15 is 0 Å². The number of halogens is 3. The van der Waals surface area contributed by atoms with Crippen molar-refractivity contribution < 1.29 is 9.59 Å². The van der Waals surface area contributed by atoms with E-state index in [1.165, 1.54) is 0 Å². The highest BCUT2D eigenvalue weighted by molar-refractivity contribution is 6.35. The summed E-state index contributed by atoms with van der Waals surface area (Å²) in [7, 11) is 0. The predicted molar refractivity (Wildman–Crippen MR) is 120 cm³/mol. The molecule has 0 heterocycles. The minimum Gasteiger partial charge on any atom is -0.352 e. The van der Waals surface area contributed by atoms with E-state index in [0.29, 0.717) is 20.6 Å². The van der Waals surface area contributed by atoms with Crippen LogP contribution in [0.5, 0.6) is 0 Å². The van der Waals surface area contributed by atoms with E-state index in [0.717, 1.165) is 12.0 Å². The van der Waals surface area contributed by atoms with Gasteiger partial charge < -0.3 is 10.2 Å². The molecule has 0 saturated carbocycles. The Labute approximate surface area is 187 Å². The molecule has 0 aromatic heterocycles. The van der Waals surface area contributed by atoms with Gasteiger partial charge in [0, 0.05) is 27.7 Å². The summed E-state index contributed by atoms with van der Waals surface area (Å²) in [6.07, 6.45) is 0.883. The van der Waals surface area contributed by atoms with Crippen LogP contribution in [0.25, 0.3) is 0 Å². The van der Waals surface area contributed by atoms with E-state index in [-0.39, 0.29) is 30.8 Å². The van der Waals surface area contributed by atoms with Gasteiger partial charge in [-0.15, -0.1) is 0 Å². The average molecular weight is 456 g/mol. The van der Waals surface area contributed by atoms with E-state index in [1.54, 1.807) is 42.2 Å². The van der Waals surface area contributed by atoms with Crippen LogP contribution in [-0.4, -0.2) is 28.8 Å². The van der Waals surface area contributed by atoms with Crippen molar-refractivity contribution in [2.75, 3.05) is 0 Å². The molecule has 2 amide bonds. The van der Waals surface area contributed by atoms with Gasteiger partial charge in [-0.25, -0.2) is 0 Å². The molecule has 0 bridgehead atoms. The molecule has 0 fully saturated rings. The van der Waals surface area contributed by atoms with Crippen molar-refractivity contribution in [3.05, 3.63) is 68.7 Å². The summed E-state index contributed by atoms with van der Waals surface area (Å²) in [6, 6.07) is 11.6. The second-order valence-corrected chi connectivity index (χ2v) is 8.33. The topological polar surface area (TPSA) is 49.4 Å². The van der Waals surface area contributed by atoms with Gasteiger partial charge in [-0.3, -0.25) is 9.59 Å². The fourth-order valence-corrected chi connectivity index (χ4v) is 3.37. The molecule has 2 rings (SSSR count). The van der Waals surface area contributed by atoms with Gasteiger partial charge in [-0.1, -0.05) is 59.9 Å². The van der Waals surface area contributed by atoms with Crippen LogP contribution >= 0.6 is 34.8 Å². The molecular formula is C22H25Cl3N2O2. The zero-order valence-corrected chi connectivity index (χ0v) is 19.0. The summed E-state index contributed by atoms with van der Waals surface area (Å²) in [5, 5.41) is 4.49. The zero-order chi connectivity index (χ0) is 21.6. The lowest BCUT2D eigenvalue weighted by atomic mass is 10.1. The van der Waals surface area contributed by atoms with Crippen LogP contribution in [0, 0.1) is 0 Å². The van der Waals surface area contributed by atoms with Gasteiger partial charge in [0.15, 0.2) is 0 Å². The number of carbonyl (C=O) groups is 2. The van der Waals surface area contributed by atoms with Crippen molar-refractivity contribution >= 4 is 46.6 Å². The van der Waals surface area contributed by atoms with Crippen LogP contribution < -0.4 is 5.32 Å². The number of benzene rings is 2. The lowest BCUT2D eigenvalue weighted by Gasteiger charge is -2.30. The summed E-state index contributed by atoms with van der Waals surface area (Å²) in [5.41, 5.74) is 1.55. The summed E-state index contributed by atoms with van der Waals surface area (Å²) in [5.74, 6) is -0.389. The van der Waals surface area contributed by atoms with E-state index in [1.807, 2.05) is 26.0 Å². The fraction of sp³-hybridized carbons (Fsp3) is 0.364. The van der Waals surface area contributed by atoms with Crippen molar-refractivity contribution in [3.63, 3.8) is 0 Å².